The van der Waals surface area contributed by atoms with Crippen LogP contribution in [0, 0.1) is 0 Å². The molecule has 17 heteroatoms. The van der Waals surface area contributed by atoms with Crippen molar-refractivity contribution in [2.75, 3.05) is 30.5 Å². The Hall–Kier alpha value is -1.96. The van der Waals surface area contributed by atoms with Crippen LogP contribution < -0.4 is 4.90 Å². The van der Waals surface area contributed by atoms with Crippen molar-refractivity contribution in [1.29, 1.82) is 0 Å². The van der Waals surface area contributed by atoms with E-state index in [2.05, 4.69) is 44.1 Å². The first kappa shape index (κ1) is 29.1. The Morgan fingerprint density at radius 2 is 1.90 bits per heavy atom. The van der Waals surface area contributed by atoms with Crippen molar-refractivity contribution in [2.45, 2.75) is 55.6 Å². The summed E-state index contributed by atoms with van der Waals surface area (Å²) < 4.78 is 35.1. The second-order valence-corrected chi connectivity index (χ2v) is 15.2. The number of benzene rings is 1. The van der Waals surface area contributed by atoms with Crippen molar-refractivity contribution in [2.24, 2.45) is 0 Å². The van der Waals surface area contributed by atoms with Crippen molar-refractivity contribution in [1.82, 2.24) is 19.5 Å². The molecule has 1 aromatic carbocycles. The van der Waals surface area contributed by atoms with Gasteiger partial charge in [-0.15, -0.1) is 0 Å². The minimum Gasteiger partial charge on any atom is -0.387 e. The molecule has 6 atom stereocenters. The lowest BCUT2D eigenvalue weighted by molar-refractivity contribution is -0.0483. The monoisotopic (exact) mass is 629 g/mol. The maximum Gasteiger partial charge on any atom is 0.340 e. The molecule has 2 saturated heterocycles. The standard InChI is InChI=1S/C24H30ClN5O9P2/c25-23-27-20(29-9-8-24(11-29)7-3-5-14-4-1-2-6-15(14)24)17-21(28-23)30(12-26-17)22-19(32)18(31)16(39-22)10-38-41(36,37)13-40(33,34)35/h1-2,4,6,12,16,18-19,22,31-32H,3,5,7-11,13H2,(H,36,37)(H2,33,34,35). The van der Waals surface area contributed by atoms with Gasteiger partial charge >= 0.3 is 15.2 Å². The maximum atomic E-state index is 12.0. The first-order valence-corrected chi connectivity index (χ1v) is 17.1. The van der Waals surface area contributed by atoms with Crippen LogP contribution in [0.5, 0.6) is 0 Å². The molecule has 3 aromatic rings. The van der Waals surface area contributed by atoms with Crippen LogP contribution in [0.2, 0.25) is 5.28 Å². The summed E-state index contributed by atoms with van der Waals surface area (Å²) in [5.41, 5.74) is 3.43. The van der Waals surface area contributed by atoms with Crippen LogP contribution in [-0.4, -0.2) is 88.3 Å². The Balaban J connectivity index is 1.25. The van der Waals surface area contributed by atoms with E-state index in [1.165, 1.54) is 22.0 Å². The summed E-state index contributed by atoms with van der Waals surface area (Å²) in [5.74, 6) is -0.840. The van der Waals surface area contributed by atoms with E-state index in [0.717, 1.165) is 38.8 Å². The third-order valence-corrected chi connectivity index (χ3v) is 11.8. The number of halogens is 1. The normalized spacial score (nSPS) is 29.8. The molecule has 2 aliphatic heterocycles. The zero-order chi connectivity index (χ0) is 29.2. The average Bonchev–Trinajstić information content (AvgIpc) is 3.58. The molecule has 0 bridgehead atoms. The van der Waals surface area contributed by atoms with Crippen molar-refractivity contribution in [3.63, 3.8) is 0 Å². The fourth-order valence-corrected chi connectivity index (χ4v) is 9.06. The molecule has 5 N–H and O–H groups in total. The van der Waals surface area contributed by atoms with Gasteiger partial charge in [0.05, 0.1) is 12.9 Å². The molecule has 3 aliphatic rings. The third-order valence-electron chi connectivity index (χ3n) is 8.13. The summed E-state index contributed by atoms with van der Waals surface area (Å²) in [6, 6.07) is 8.55. The molecule has 0 radical (unpaired) electrons. The lowest BCUT2D eigenvalue weighted by Gasteiger charge is -2.36. The number of ether oxygens (including phenoxy) is 1. The summed E-state index contributed by atoms with van der Waals surface area (Å²) in [5, 5.41) is 21.3. The Labute approximate surface area is 239 Å². The molecule has 0 amide bonds. The minimum atomic E-state index is -4.83. The number of rotatable bonds is 7. The van der Waals surface area contributed by atoms with E-state index in [1.807, 2.05) is 0 Å². The van der Waals surface area contributed by atoms with Crippen LogP contribution in [0.3, 0.4) is 0 Å². The predicted octanol–water partition coefficient (Wildman–Crippen LogP) is 1.92. The van der Waals surface area contributed by atoms with Crippen LogP contribution in [0.15, 0.2) is 30.6 Å². The van der Waals surface area contributed by atoms with Gasteiger partial charge in [0.15, 0.2) is 29.1 Å². The van der Waals surface area contributed by atoms with Gasteiger partial charge in [-0.25, -0.2) is 4.98 Å². The molecule has 0 saturated carbocycles. The van der Waals surface area contributed by atoms with Crippen LogP contribution >= 0.6 is 26.8 Å². The summed E-state index contributed by atoms with van der Waals surface area (Å²) in [6.45, 7) is 0.767. The van der Waals surface area contributed by atoms with Gasteiger partial charge in [0.1, 0.15) is 18.3 Å². The summed E-state index contributed by atoms with van der Waals surface area (Å²) >= 11 is 6.36. The number of aliphatic hydroxyl groups excluding tert-OH is 2. The third kappa shape index (κ3) is 5.59. The summed E-state index contributed by atoms with van der Waals surface area (Å²) in [4.78, 5) is 43.2. The first-order valence-electron chi connectivity index (χ1n) is 13.1. The van der Waals surface area contributed by atoms with E-state index in [0.29, 0.717) is 11.3 Å². The largest absolute Gasteiger partial charge is 0.387 e. The zero-order valence-corrected chi connectivity index (χ0v) is 24.3. The maximum absolute atomic E-state index is 12.0. The smallest absolute Gasteiger partial charge is 0.340 e. The van der Waals surface area contributed by atoms with Crippen molar-refractivity contribution < 1.29 is 43.3 Å². The fraction of sp³-hybridized carbons (Fsp3) is 0.542. The van der Waals surface area contributed by atoms with Crippen molar-refractivity contribution in [3.8, 4) is 0 Å². The van der Waals surface area contributed by atoms with E-state index in [4.69, 9.17) is 30.6 Å². The topological polar surface area (TPSA) is 201 Å². The van der Waals surface area contributed by atoms with Crippen LogP contribution in [0.25, 0.3) is 11.2 Å². The van der Waals surface area contributed by atoms with Crippen LogP contribution in [0.4, 0.5) is 5.82 Å². The number of imidazole rings is 1. The number of hydrogen-bond donors (Lipinski definition) is 5. The zero-order valence-electron chi connectivity index (χ0n) is 21.7. The molecule has 222 valence electrons. The number of aromatic nitrogens is 4. The van der Waals surface area contributed by atoms with Crippen molar-refractivity contribution in [3.05, 3.63) is 47.0 Å². The van der Waals surface area contributed by atoms with E-state index in [-0.39, 0.29) is 16.3 Å². The molecule has 4 heterocycles. The number of hydrogen-bond acceptors (Lipinski definition) is 10. The van der Waals surface area contributed by atoms with Gasteiger partial charge in [0.2, 0.25) is 5.28 Å². The second-order valence-electron chi connectivity index (χ2n) is 10.9. The molecule has 2 fully saturated rings. The molecule has 6 unspecified atom stereocenters. The van der Waals surface area contributed by atoms with Gasteiger partial charge in [-0.3, -0.25) is 13.7 Å². The van der Waals surface area contributed by atoms with E-state index in [9.17, 15) is 24.2 Å². The second kappa shape index (κ2) is 10.6. The van der Waals surface area contributed by atoms with Gasteiger partial charge in [-0.05, 0) is 48.4 Å². The Kier molecular flexibility index (Phi) is 7.56. The molecule has 2 aromatic heterocycles. The molecule has 14 nitrogen and oxygen atoms in total. The number of aryl methyl sites for hydroxylation is 1. The number of anilines is 1. The summed E-state index contributed by atoms with van der Waals surface area (Å²) in [6.07, 6.45) is 0.0135. The highest BCUT2D eigenvalue weighted by atomic mass is 35.5. The molecule has 6 rings (SSSR count). The molecular weight excluding hydrogens is 600 g/mol. The SMILES string of the molecule is O=P(O)(O)CP(=O)(O)OCC1OC(n2cnc3c(N4CCC5(CCCc6ccccc65)C4)nc(Cl)nc32)C(O)C1O. The van der Waals surface area contributed by atoms with Gasteiger partial charge in [-0.1, -0.05) is 24.3 Å². The van der Waals surface area contributed by atoms with E-state index < -0.39 is 52.2 Å². The van der Waals surface area contributed by atoms with E-state index >= 15 is 0 Å². The highest BCUT2D eigenvalue weighted by Crippen LogP contribution is 2.55. The summed E-state index contributed by atoms with van der Waals surface area (Å²) in [7, 11) is -9.53. The van der Waals surface area contributed by atoms with Crippen LogP contribution in [0.1, 0.15) is 36.6 Å². The van der Waals surface area contributed by atoms with Crippen LogP contribution in [-0.2, 0) is 30.2 Å². The Morgan fingerprint density at radius 1 is 1.12 bits per heavy atom. The van der Waals surface area contributed by atoms with Gasteiger partial charge in [0.25, 0.3) is 0 Å². The highest BCUT2D eigenvalue weighted by molar-refractivity contribution is 7.70. The number of aliphatic hydroxyl groups is 2. The van der Waals surface area contributed by atoms with Crippen molar-refractivity contribution >= 4 is 43.8 Å². The fourth-order valence-electron chi connectivity index (χ4n) is 6.33. The predicted molar refractivity (Wildman–Crippen MR) is 147 cm³/mol. The minimum absolute atomic E-state index is 0.00478. The Bertz CT molecular complexity index is 1570. The number of nitrogens with zero attached hydrogens (tertiary/aromatic N) is 5. The molecular formula is C24H30ClN5O9P2. The van der Waals surface area contributed by atoms with Gasteiger partial charge in [0, 0.05) is 18.5 Å². The number of fused-ring (bicyclic) bond motifs is 3. The van der Waals surface area contributed by atoms with Gasteiger partial charge in [-0.2, -0.15) is 9.97 Å². The lowest BCUT2D eigenvalue weighted by Crippen LogP contribution is -2.35. The molecule has 1 aliphatic carbocycles. The first-order chi connectivity index (χ1) is 19.4. The molecule has 41 heavy (non-hydrogen) atoms. The highest BCUT2D eigenvalue weighted by Gasteiger charge is 2.47. The lowest BCUT2D eigenvalue weighted by atomic mass is 9.69. The van der Waals surface area contributed by atoms with E-state index in [1.54, 1.807) is 0 Å². The quantitative estimate of drug-likeness (QED) is 0.188. The average molecular weight is 630 g/mol. The Morgan fingerprint density at radius 3 is 2.68 bits per heavy atom. The molecule has 1 spiro atoms. The van der Waals surface area contributed by atoms with Gasteiger partial charge < -0.3 is 39.1 Å².